The molecule has 0 bridgehead atoms. The number of piperazine rings is 1. The molecule has 2 aromatic heterocycles. The Labute approximate surface area is 245 Å². The number of imidazole rings is 1. The highest BCUT2D eigenvalue weighted by molar-refractivity contribution is 5.90. The Hall–Kier alpha value is -4.86. The maximum atomic E-state index is 15.1. The molecule has 1 aromatic carbocycles. The number of nitro groups is 1. The maximum absolute atomic E-state index is 15.1. The minimum Gasteiger partial charge on any atom is -0.442 e. The van der Waals surface area contributed by atoms with E-state index >= 15 is 4.39 Å². The second kappa shape index (κ2) is 11.1. The molecule has 5 heterocycles. The van der Waals surface area contributed by atoms with Gasteiger partial charge in [-0.25, -0.2) is 19.2 Å². The summed E-state index contributed by atoms with van der Waals surface area (Å²) in [5.74, 6) is -0.433. The van der Waals surface area contributed by atoms with Gasteiger partial charge in [0, 0.05) is 68.2 Å². The van der Waals surface area contributed by atoms with E-state index in [1.165, 1.54) is 24.1 Å². The van der Waals surface area contributed by atoms with Crippen LogP contribution in [0.3, 0.4) is 0 Å². The number of halogens is 1. The van der Waals surface area contributed by atoms with Crippen molar-refractivity contribution < 1.29 is 28.4 Å². The number of aromatic nitrogens is 4. The van der Waals surface area contributed by atoms with Crippen molar-refractivity contribution in [2.24, 2.45) is 0 Å². The lowest BCUT2D eigenvalue weighted by Crippen LogP contribution is -2.53. The number of ether oxygens (including phenoxy) is 2. The van der Waals surface area contributed by atoms with Crippen LogP contribution >= 0.6 is 0 Å². The Morgan fingerprint density at radius 1 is 1.23 bits per heavy atom. The van der Waals surface area contributed by atoms with Gasteiger partial charge >= 0.3 is 17.9 Å². The minimum absolute atomic E-state index is 0.186. The van der Waals surface area contributed by atoms with E-state index in [9.17, 15) is 19.7 Å². The average Bonchev–Trinajstić information content (AvgIpc) is 3.63. The molecule has 1 N–H and O–H groups in total. The van der Waals surface area contributed by atoms with Crippen LogP contribution in [-0.2, 0) is 16.1 Å². The van der Waals surface area contributed by atoms with Crippen LogP contribution in [0, 0.1) is 15.9 Å². The number of anilines is 2. The monoisotopic (exact) mass is 595 g/mol. The van der Waals surface area contributed by atoms with Gasteiger partial charge in [-0.3, -0.25) is 19.2 Å². The van der Waals surface area contributed by atoms with Crippen LogP contribution in [0.4, 0.5) is 26.6 Å². The van der Waals surface area contributed by atoms with Crippen molar-refractivity contribution in [3.05, 3.63) is 52.7 Å². The molecule has 3 aliphatic rings. The number of hydrogen-bond donors (Lipinski definition) is 1. The zero-order chi connectivity index (χ0) is 30.3. The van der Waals surface area contributed by atoms with Gasteiger partial charge in [0.2, 0.25) is 11.9 Å². The molecule has 0 radical (unpaired) electrons. The largest absolute Gasteiger partial charge is 0.442 e. The van der Waals surface area contributed by atoms with Crippen molar-refractivity contribution in [2.75, 3.05) is 55.6 Å². The molecule has 2 atom stereocenters. The number of hydrogen-bond acceptors (Lipinski definition) is 11. The predicted molar refractivity (Wildman–Crippen MR) is 150 cm³/mol. The van der Waals surface area contributed by atoms with Crippen LogP contribution < -0.4 is 19.9 Å². The lowest BCUT2D eigenvalue weighted by atomic mass is 10.1. The number of nitrogens with zero attached hydrogens (tertiary/aromatic N) is 8. The third-order valence-corrected chi connectivity index (χ3v) is 7.64. The predicted octanol–water partition coefficient (Wildman–Crippen LogP) is 1.82. The van der Waals surface area contributed by atoms with E-state index in [1.54, 1.807) is 29.1 Å². The molecular weight excluding hydrogens is 565 g/mol. The highest BCUT2D eigenvalue weighted by atomic mass is 19.1. The summed E-state index contributed by atoms with van der Waals surface area (Å²) in [5, 5.41) is 13.6. The first kappa shape index (κ1) is 28.3. The number of carbonyl (C=O) groups excluding carboxylic acids is 2. The molecule has 2 amide bonds. The summed E-state index contributed by atoms with van der Waals surface area (Å²) in [7, 11) is 0. The zero-order valence-electron chi connectivity index (χ0n) is 23.6. The molecule has 43 heavy (non-hydrogen) atoms. The molecule has 226 valence electrons. The molecule has 3 aromatic rings. The van der Waals surface area contributed by atoms with Crippen molar-refractivity contribution in [2.45, 2.75) is 32.1 Å². The number of cyclic esters (lactones) is 1. The van der Waals surface area contributed by atoms with Crippen molar-refractivity contribution in [1.29, 1.82) is 0 Å². The van der Waals surface area contributed by atoms with Gasteiger partial charge in [-0.1, -0.05) is 0 Å². The zero-order valence-corrected chi connectivity index (χ0v) is 23.6. The molecular formula is C27H30FN9O6. The summed E-state index contributed by atoms with van der Waals surface area (Å²) >= 11 is 0. The number of fused-ring (bicyclic) bond motifs is 1. The average molecular weight is 596 g/mol. The van der Waals surface area contributed by atoms with Gasteiger partial charge in [-0.2, -0.15) is 0 Å². The molecule has 0 spiro atoms. The molecule has 2 fully saturated rings. The minimum atomic E-state index is -0.599. The number of nitrogens with one attached hydrogen (secondary N) is 1. The maximum Gasteiger partial charge on any atom is 0.415 e. The fourth-order valence-electron chi connectivity index (χ4n) is 5.57. The molecule has 3 aliphatic heterocycles. The first-order valence-corrected chi connectivity index (χ1v) is 13.8. The third kappa shape index (κ3) is 5.90. The van der Waals surface area contributed by atoms with E-state index in [4.69, 9.17) is 9.47 Å². The molecule has 15 nitrogen and oxygen atoms in total. The lowest BCUT2D eigenvalue weighted by molar-refractivity contribution is -0.389. The second-order valence-electron chi connectivity index (χ2n) is 11.1. The highest BCUT2D eigenvalue weighted by Gasteiger charge is 2.42. The number of carbonyl (C=O) groups is 2. The van der Waals surface area contributed by atoms with Crippen LogP contribution in [0.1, 0.15) is 13.8 Å². The summed E-state index contributed by atoms with van der Waals surface area (Å²) in [6.07, 6.45) is 3.44. The second-order valence-corrected chi connectivity index (χ2v) is 11.1. The summed E-state index contributed by atoms with van der Waals surface area (Å²) in [6.45, 7) is 7.70. The van der Waals surface area contributed by atoms with Gasteiger partial charge in [0.1, 0.15) is 23.7 Å². The van der Waals surface area contributed by atoms with Gasteiger partial charge in [0.15, 0.2) is 0 Å². The van der Waals surface area contributed by atoms with E-state index in [-0.39, 0.29) is 30.8 Å². The Morgan fingerprint density at radius 3 is 2.63 bits per heavy atom. The van der Waals surface area contributed by atoms with Crippen molar-refractivity contribution in [3.63, 3.8) is 0 Å². The standard InChI is InChI=1S/C27H30FN9O6/c1-17(38)29-12-20-13-36(26(39)42-20)19-3-4-21(22(28)9-19)18-10-30-24(31-11-18)34-7-5-33(6-8-34)15-27(2)16-35-14-23(37(40)41)32-25(35)43-27/h3-4,9-11,14,20H,5-8,12-13,15-16H2,1-2H3,(H,29,38). The smallest absolute Gasteiger partial charge is 0.415 e. The SMILES string of the molecule is CC(=O)NCC1CN(c2ccc(-c3cnc(N4CCN(CC5(C)Cn6cc([N+](=O)[O-])nc6O5)CC4)nc3)c(F)c2)C(=O)O1. The van der Waals surface area contributed by atoms with Crippen molar-refractivity contribution in [3.8, 4) is 17.1 Å². The Bertz CT molecular complexity index is 1530. The molecule has 0 aliphatic carbocycles. The van der Waals surface area contributed by atoms with Crippen molar-refractivity contribution >= 4 is 29.5 Å². The number of benzene rings is 1. The Balaban J connectivity index is 1.03. The highest BCUT2D eigenvalue weighted by Crippen LogP contribution is 2.32. The Kier molecular flexibility index (Phi) is 7.29. The molecule has 6 rings (SSSR count). The summed E-state index contributed by atoms with van der Waals surface area (Å²) in [4.78, 5) is 52.4. The molecule has 16 heteroatoms. The number of amides is 2. The van der Waals surface area contributed by atoms with Crippen LogP contribution in [0.15, 0.2) is 36.8 Å². The van der Waals surface area contributed by atoms with E-state index in [1.807, 2.05) is 6.92 Å². The van der Waals surface area contributed by atoms with E-state index in [0.29, 0.717) is 48.9 Å². The van der Waals surface area contributed by atoms with Crippen molar-refractivity contribution in [1.82, 2.24) is 29.7 Å². The number of rotatable bonds is 8. The first-order chi connectivity index (χ1) is 20.6. The van der Waals surface area contributed by atoms with Gasteiger partial charge in [-0.15, -0.1) is 0 Å². The summed E-state index contributed by atoms with van der Waals surface area (Å²) < 4.78 is 28.0. The van der Waals surface area contributed by atoms with E-state index < -0.39 is 28.5 Å². The fourth-order valence-corrected chi connectivity index (χ4v) is 5.57. The summed E-state index contributed by atoms with van der Waals surface area (Å²) in [5.41, 5.74) is 0.622. The van der Waals surface area contributed by atoms with Crippen LogP contribution in [0.5, 0.6) is 6.01 Å². The fraction of sp³-hybridized carbons (Fsp3) is 0.444. The lowest BCUT2D eigenvalue weighted by Gasteiger charge is -2.37. The topological polar surface area (TPSA) is 161 Å². The van der Waals surface area contributed by atoms with Gasteiger partial charge in [0.25, 0.3) is 0 Å². The van der Waals surface area contributed by atoms with Gasteiger partial charge in [0.05, 0.1) is 25.3 Å². The molecule has 0 saturated carbocycles. The summed E-state index contributed by atoms with van der Waals surface area (Å²) in [6, 6.07) is 4.74. The van der Waals surface area contributed by atoms with E-state index in [0.717, 1.165) is 13.1 Å². The van der Waals surface area contributed by atoms with E-state index in [2.05, 4.69) is 30.1 Å². The van der Waals surface area contributed by atoms with Gasteiger partial charge < -0.3 is 29.8 Å². The molecule has 2 unspecified atom stereocenters. The van der Waals surface area contributed by atoms with Gasteiger partial charge in [-0.05, 0) is 30.0 Å². The van der Waals surface area contributed by atoms with Crippen LogP contribution in [0.2, 0.25) is 0 Å². The Morgan fingerprint density at radius 2 is 1.98 bits per heavy atom. The quantitative estimate of drug-likeness (QED) is 0.299. The van der Waals surface area contributed by atoms with Crippen LogP contribution in [0.25, 0.3) is 11.1 Å². The normalized spacial score (nSPS) is 21.8. The third-order valence-electron chi connectivity index (χ3n) is 7.64. The van der Waals surface area contributed by atoms with Crippen LogP contribution in [-0.4, -0.2) is 98.9 Å². The molecule has 2 saturated heterocycles. The first-order valence-electron chi connectivity index (χ1n) is 13.8.